The number of unbranched alkanes of at least 4 members (excludes halogenated alkanes) is 3. The Morgan fingerprint density at radius 2 is 0.722 bits per heavy atom. The summed E-state index contributed by atoms with van der Waals surface area (Å²) in [6.07, 6.45) is 5.59. The van der Waals surface area contributed by atoms with Crippen molar-refractivity contribution in [3.05, 3.63) is 0 Å². The Morgan fingerprint density at radius 3 is 0.722 bits per heavy atom. The molecule has 18 heavy (non-hydrogen) atoms. The Balaban J connectivity index is -0.0000000277. The van der Waals surface area contributed by atoms with Crippen LogP contribution in [0.2, 0.25) is 0 Å². The van der Waals surface area contributed by atoms with Crippen LogP contribution in [0.15, 0.2) is 0 Å². The van der Waals surface area contributed by atoms with Gasteiger partial charge in [-0.15, -0.1) is 19.8 Å². The van der Waals surface area contributed by atoms with Crippen molar-refractivity contribution in [1.82, 2.24) is 0 Å². The van der Waals surface area contributed by atoms with E-state index in [-0.39, 0.29) is 60.0 Å². The monoisotopic (exact) mass is 289 g/mol. The van der Waals surface area contributed by atoms with Crippen molar-refractivity contribution in [2.45, 2.75) is 59.3 Å². The van der Waals surface area contributed by atoms with Crippen molar-refractivity contribution in [3.8, 4) is 0 Å². The molecule has 0 atom stereocenters. The minimum Gasteiger partial charge on any atom is -2.00 e. The van der Waals surface area contributed by atoms with E-state index in [0.717, 1.165) is 38.5 Å². The summed E-state index contributed by atoms with van der Waals surface area (Å²) in [6, 6.07) is 0. The average molecular weight is 289 g/mol. The molecule has 104 valence electrons. The van der Waals surface area contributed by atoms with E-state index >= 15 is 0 Å². The first-order valence-electron chi connectivity index (χ1n) is 5.99. The molecule has 6 heteroatoms. The van der Waals surface area contributed by atoms with E-state index in [1.807, 2.05) is 20.8 Å². The quantitative estimate of drug-likeness (QED) is 0.620. The largest absolute Gasteiger partial charge is 3.00 e. The molecule has 0 aromatic heterocycles. The van der Waals surface area contributed by atoms with Gasteiger partial charge in [0.25, 0.3) is 0 Å². The van der Waals surface area contributed by atoms with Gasteiger partial charge in [0.2, 0.25) is 0 Å². The SMILES string of the molecule is CCCC[O-].CCCC[O-].CCCC[O-].[Al+3].[Al+3].[O-2]. The van der Waals surface area contributed by atoms with Crippen LogP contribution in [0, 0.1) is 0 Å². The molecule has 0 heterocycles. The summed E-state index contributed by atoms with van der Waals surface area (Å²) in [4.78, 5) is 0. The summed E-state index contributed by atoms with van der Waals surface area (Å²) in [6.45, 7) is 6.32. The molecular formula is C12H27Al2O4+. The van der Waals surface area contributed by atoms with Gasteiger partial charge in [-0.2, -0.15) is 0 Å². The standard InChI is InChI=1S/3C4H9O.2Al.O/c3*1-2-3-4-5;;;/h3*2-4H2,1H3;;;/q3*-1;2*+3;-2. The van der Waals surface area contributed by atoms with E-state index in [2.05, 4.69) is 0 Å². The third kappa shape index (κ3) is 89.7. The maximum absolute atomic E-state index is 9.53. The second-order valence-electron chi connectivity index (χ2n) is 3.17. The zero-order valence-electron chi connectivity index (χ0n) is 12.2. The van der Waals surface area contributed by atoms with E-state index in [9.17, 15) is 15.3 Å². The molecular weight excluding hydrogens is 262 g/mol. The fourth-order valence-electron chi connectivity index (χ4n) is 0.433. The van der Waals surface area contributed by atoms with E-state index in [1.165, 1.54) is 0 Å². The zero-order valence-corrected chi connectivity index (χ0v) is 14.5. The van der Waals surface area contributed by atoms with Crippen LogP contribution in [0.4, 0.5) is 0 Å². The van der Waals surface area contributed by atoms with Crippen molar-refractivity contribution in [1.29, 1.82) is 0 Å². The third-order valence-electron chi connectivity index (χ3n) is 1.49. The van der Waals surface area contributed by atoms with Gasteiger partial charge < -0.3 is 20.8 Å². The Bertz CT molecular complexity index is 58.8. The summed E-state index contributed by atoms with van der Waals surface area (Å²) in [5.41, 5.74) is 0. The smallest absolute Gasteiger partial charge is 2.00 e. The van der Waals surface area contributed by atoms with E-state index in [4.69, 9.17) is 0 Å². The predicted molar refractivity (Wildman–Crippen MR) is 71.5 cm³/mol. The van der Waals surface area contributed by atoms with Crippen LogP contribution >= 0.6 is 0 Å². The topological polar surface area (TPSA) is 97.7 Å². The fraction of sp³-hybridized carbons (Fsp3) is 1.00. The molecule has 0 bridgehead atoms. The Kier molecular flexibility index (Phi) is 105. The van der Waals surface area contributed by atoms with Gasteiger partial charge in [-0.25, -0.2) is 0 Å². The molecule has 0 rings (SSSR count). The number of hydrogen-bond acceptors (Lipinski definition) is 3. The van der Waals surface area contributed by atoms with Crippen LogP contribution in [0.5, 0.6) is 0 Å². The molecule has 0 spiro atoms. The summed E-state index contributed by atoms with van der Waals surface area (Å²) >= 11 is 0. The van der Waals surface area contributed by atoms with E-state index in [1.54, 1.807) is 0 Å². The molecule has 0 aliphatic heterocycles. The summed E-state index contributed by atoms with van der Waals surface area (Å²) in [5.74, 6) is 0. The van der Waals surface area contributed by atoms with Crippen LogP contribution in [0.1, 0.15) is 59.3 Å². The molecule has 0 radical (unpaired) electrons. The minimum atomic E-state index is 0. The van der Waals surface area contributed by atoms with Gasteiger partial charge in [0.15, 0.2) is 0 Å². The number of rotatable bonds is 6. The maximum atomic E-state index is 9.53. The van der Waals surface area contributed by atoms with Crippen LogP contribution in [-0.4, -0.2) is 54.5 Å². The van der Waals surface area contributed by atoms with Crippen molar-refractivity contribution in [3.63, 3.8) is 0 Å². The Hall–Kier alpha value is 0.905. The van der Waals surface area contributed by atoms with E-state index < -0.39 is 0 Å². The summed E-state index contributed by atoms with van der Waals surface area (Å²) < 4.78 is 0. The van der Waals surface area contributed by atoms with Gasteiger partial charge in [-0.05, 0) is 0 Å². The van der Waals surface area contributed by atoms with Gasteiger partial charge in [0.1, 0.15) is 0 Å². The van der Waals surface area contributed by atoms with Crippen molar-refractivity contribution >= 4 is 34.7 Å². The van der Waals surface area contributed by atoms with Gasteiger partial charge >= 0.3 is 34.7 Å². The first-order chi connectivity index (χ1) is 7.24. The normalized spacial score (nSPS) is 7.00. The second kappa shape index (κ2) is 52.2. The zero-order chi connectivity index (χ0) is 12.4. The molecule has 0 aliphatic rings. The molecule has 0 N–H and O–H groups in total. The van der Waals surface area contributed by atoms with Crippen molar-refractivity contribution in [2.24, 2.45) is 0 Å². The van der Waals surface area contributed by atoms with Crippen LogP contribution in [0.3, 0.4) is 0 Å². The number of hydrogen-bond donors (Lipinski definition) is 0. The average Bonchev–Trinajstić information content (AvgIpc) is 2.23. The van der Waals surface area contributed by atoms with Crippen LogP contribution in [0.25, 0.3) is 0 Å². The fourth-order valence-corrected chi connectivity index (χ4v) is 0.433. The van der Waals surface area contributed by atoms with Gasteiger partial charge in [-0.1, -0.05) is 59.3 Å². The summed E-state index contributed by atoms with van der Waals surface area (Å²) in [7, 11) is 0. The third-order valence-corrected chi connectivity index (χ3v) is 1.49. The predicted octanol–water partition coefficient (Wildman–Crippen LogP) is -0.440. The molecule has 0 fully saturated rings. The van der Waals surface area contributed by atoms with Gasteiger partial charge in [0.05, 0.1) is 0 Å². The molecule has 0 saturated heterocycles. The van der Waals surface area contributed by atoms with Crippen LogP contribution in [-0.2, 0) is 5.48 Å². The molecule has 0 saturated carbocycles. The maximum Gasteiger partial charge on any atom is 3.00 e. The van der Waals surface area contributed by atoms with Crippen molar-refractivity contribution in [2.75, 3.05) is 19.8 Å². The molecule has 0 aromatic rings. The first kappa shape index (κ1) is 36.4. The second-order valence-corrected chi connectivity index (χ2v) is 3.17. The molecule has 0 aliphatic carbocycles. The minimum absolute atomic E-state index is 0. The van der Waals surface area contributed by atoms with Gasteiger partial charge in [-0.3, -0.25) is 0 Å². The van der Waals surface area contributed by atoms with Crippen LogP contribution < -0.4 is 15.3 Å². The summed E-state index contributed by atoms with van der Waals surface area (Å²) in [5, 5.41) is 28.6. The van der Waals surface area contributed by atoms with Gasteiger partial charge in [0, 0.05) is 0 Å². The molecule has 4 nitrogen and oxygen atoms in total. The molecule has 0 aromatic carbocycles. The molecule has 0 unspecified atom stereocenters. The first-order valence-corrected chi connectivity index (χ1v) is 5.99. The van der Waals surface area contributed by atoms with Crippen molar-refractivity contribution < 1.29 is 20.8 Å². The Morgan fingerprint density at radius 1 is 0.556 bits per heavy atom. The molecule has 0 amide bonds. The Labute approximate surface area is 134 Å². The van der Waals surface area contributed by atoms with E-state index in [0.29, 0.717) is 0 Å².